The van der Waals surface area contributed by atoms with Gasteiger partial charge in [0.05, 0.1) is 23.2 Å². The Morgan fingerprint density at radius 2 is 2.09 bits per heavy atom. The van der Waals surface area contributed by atoms with Crippen LogP contribution in [0.4, 0.5) is 5.69 Å². The Bertz CT molecular complexity index is 838. The highest BCUT2D eigenvalue weighted by molar-refractivity contribution is 7.10. The summed E-state index contributed by atoms with van der Waals surface area (Å²) in [5, 5.41) is 5.56. The largest absolute Gasteiger partial charge is 0.467 e. The van der Waals surface area contributed by atoms with Gasteiger partial charge in [-0.25, -0.2) is 0 Å². The SMILES string of the molecule is Cc1ccsc1[C@@H]1Nc2ccccc2C(=O)N1Cc1ccco1. The molecule has 5 heteroatoms. The number of carbonyl (C=O) groups is 1. The van der Waals surface area contributed by atoms with E-state index in [-0.39, 0.29) is 12.1 Å². The van der Waals surface area contributed by atoms with Crippen molar-refractivity contribution in [2.45, 2.75) is 19.6 Å². The van der Waals surface area contributed by atoms with Crippen molar-refractivity contribution >= 4 is 22.9 Å². The maximum atomic E-state index is 13.0. The van der Waals surface area contributed by atoms with Crippen molar-refractivity contribution in [1.29, 1.82) is 0 Å². The molecule has 1 atom stereocenters. The van der Waals surface area contributed by atoms with Crippen molar-refractivity contribution in [3.63, 3.8) is 0 Å². The number of hydrogen-bond acceptors (Lipinski definition) is 4. The fourth-order valence-electron chi connectivity index (χ4n) is 2.90. The number of anilines is 1. The minimum Gasteiger partial charge on any atom is -0.467 e. The third-order valence-electron chi connectivity index (χ3n) is 4.08. The minimum absolute atomic E-state index is 0.0218. The lowest BCUT2D eigenvalue weighted by Crippen LogP contribution is -2.42. The van der Waals surface area contributed by atoms with Gasteiger partial charge in [-0.3, -0.25) is 4.79 Å². The van der Waals surface area contributed by atoms with Crippen LogP contribution in [-0.4, -0.2) is 10.8 Å². The number of amides is 1. The smallest absolute Gasteiger partial charge is 0.258 e. The number of aryl methyl sites for hydroxylation is 1. The highest BCUT2D eigenvalue weighted by Crippen LogP contribution is 2.37. The Morgan fingerprint density at radius 3 is 2.83 bits per heavy atom. The van der Waals surface area contributed by atoms with Crippen LogP contribution in [0, 0.1) is 6.92 Å². The molecule has 0 saturated carbocycles. The molecule has 0 bridgehead atoms. The fraction of sp³-hybridized carbons (Fsp3) is 0.167. The van der Waals surface area contributed by atoms with E-state index in [1.807, 2.05) is 41.3 Å². The van der Waals surface area contributed by atoms with Crippen molar-refractivity contribution in [2.75, 3.05) is 5.32 Å². The Hall–Kier alpha value is -2.53. The highest BCUT2D eigenvalue weighted by Gasteiger charge is 2.34. The van der Waals surface area contributed by atoms with Gasteiger partial charge in [0.2, 0.25) is 0 Å². The van der Waals surface area contributed by atoms with Crippen molar-refractivity contribution in [3.05, 3.63) is 75.9 Å². The molecule has 2 aromatic heterocycles. The monoisotopic (exact) mass is 324 g/mol. The summed E-state index contributed by atoms with van der Waals surface area (Å²) in [7, 11) is 0. The number of furan rings is 1. The van der Waals surface area contributed by atoms with E-state index in [1.165, 1.54) is 5.56 Å². The van der Waals surface area contributed by atoms with Crippen LogP contribution in [0.2, 0.25) is 0 Å². The van der Waals surface area contributed by atoms with E-state index >= 15 is 0 Å². The molecular formula is C18H16N2O2S. The van der Waals surface area contributed by atoms with Crippen LogP contribution in [-0.2, 0) is 6.54 Å². The highest BCUT2D eigenvalue weighted by atomic mass is 32.1. The van der Waals surface area contributed by atoms with Crippen molar-refractivity contribution in [1.82, 2.24) is 4.90 Å². The second-order valence-corrected chi connectivity index (χ2v) is 6.52. The van der Waals surface area contributed by atoms with Gasteiger partial charge in [-0.05, 0) is 48.2 Å². The molecule has 0 spiro atoms. The van der Waals surface area contributed by atoms with Gasteiger partial charge in [-0.1, -0.05) is 12.1 Å². The first-order valence-electron chi connectivity index (χ1n) is 7.47. The van der Waals surface area contributed by atoms with Crippen LogP contribution < -0.4 is 5.32 Å². The lowest BCUT2D eigenvalue weighted by molar-refractivity contribution is 0.0654. The third kappa shape index (κ3) is 2.43. The van der Waals surface area contributed by atoms with E-state index in [4.69, 9.17) is 4.42 Å². The first kappa shape index (κ1) is 14.1. The quantitative estimate of drug-likeness (QED) is 0.776. The standard InChI is InChI=1S/C18H16N2O2S/c1-12-8-10-23-16(12)17-19-15-7-3-2-6-14(15)18(21)20(17)11-13-5-4-9-22-13/h2-10,17,19H,11H2,1H3/t17-/m1/s1. The van der Waals surface area contributed by atoms with Gasteiger partial charge in [0, 0.05) is 5.69 Å². The first-order valence-corrected chi connectivity index (χ1v) is 8.35. The molecule has 1 aliphatic rings. The van der Waals surface area contributed by atoms with Crippen LogP contribution in [0.3, 0.4) is 0 Å². The molecule has 1 aliphatic heterocycles. The van der Waals surface area contributed by atoms with Gasteiger partial charge >= 0.3 is 0 Å². The number of nitrogens with zero attached hydrogens (tertiary/aromatic N) is 1. The van der Waals surface area contributed by atoms with Crippen LogP contribution >= 0.6 is 11.3 Å². The van der Waals surface area contributed by atoms with Gasteiger partial charge in [0.15, 0.2) is 0 Å². The summed E-state index contributed by atoms with van der Waals surface area (Å²) in [6.07, 6.45) is 1.46. The normalized spacial score (nSPS) is 17.0. The number of fused-ring (bicyclic) bond motifs is 1. The van der Waals surface area contributed by atoms with Gasteiger partial charge < -0.3 is 14.6 Å². The van der Waals surface area contributed by atoms with Gasteiger partial charge in [0.1, 0.15) is 11.9 Å². The molecule has 0 saturated heterocycles. The third-order valence-corrected chi connectivity index (χ3v) is 5.15. The number of hydrogen-bond donors (Lipinski definition) is 1. The molecule has 3 aromatic rings. The molecule has 4 nitrogen and oxygen atoms in total. The minimum atomic E-state index is -0.178. The summed E-state index contributed by atoms with van der Waals surface area (Å²) in [6.45, 7) is 2.51. The van der Waals surface area contributed by atoms with Crippen LogP contribution in [0.1, 0.15) is 32.7 Å². The second-order valence-electron chi connectivity index (χ2n) is 5.57. The number of rotatable bonds is 3. The summed E-state index contributed by atoms with van der Waals surface area (Å²) in [6, 6.07) is 13.5. The second kappa shape index (κ2) is 5.59. The molecule has 0 aliphatic carbocycles. The topological polar surface area (TPSA) is 45.5 Å². The van der Waals surface area contributed by atoms with Crippen molar-refractivity contribution in [2.24, 2.45) is 0 Å². The van der Waals surface area contributed by atoms with E-state index in [0.29, 0.717) is 12.1 Å². The average Bonchev–Trinajstić information content (AvgIpc) is 3.22. The first-order chi connectivity index (χ1) is 11.2. The number of thiophene rings is 1. The number of carbonyl (C=O) groups excluding carboxylic acids is 1. The van der Waals surface area contributed by atoms with Crippen LogP contribution in [0.25, 0.3) is 0 Å². The van der Waals surface area contributed by atoms with E-state index in [1.54, 1.807) is 17.6 Å². The van der Waals surface area contributed by atoms with Crippen LogP contribution in [0.15, 0.2) is 58.5 Å². The van der Waals surface area contributed by atoms with Gasteiger partial charge in [-0.2, -0.15) is 0 Å². The molecule has 4 rings (SSSR count). The zero-order valence-corrected chi connectivity index (χ0v) is 13.5. The van der Waals surface area contributed by atoms with Gasteiger partial charge in [0.25, 0.3) is 5.91 Å². The average molecular weight is 324 g/mol. The molecule has 1 amide bonds. The van der Waals surface area contributed by atoms with E-state index in [9.17, 15) is 4.79 Å². The molecule has 3 heterocycles. The van der Waals surface area contributed by atoms with Crippen LogP contribution in [0.5, 0.6) is 0 Å². The summed E-state index contributed by atoms with van der Waals surface area (Å²) in [4.78, 5) is 16.0. The number of nitrogens with one attached hydrogen (secondary N) is 1. The molecular weight excluding hydrogens is 308 g/mol. The lowest BCUT2D eigenvalue weighted by Gasteiger charge is -2.37. The Balaban J connectivity index is 1.78. The van der Waals surface area contributed by atoms with E-state index in [2.05, 4.69) is 23.7 Å². The molecule has 0 fully saturated rings. The predicted octanol–water partition coefficient (Wildman–Crippen LogP) is 4.42. The predicted molar refractivity (Wildman–Crippen MR) is 90.4 cm³/mol. The fourth-order valence-corrected chi connectivity index (χ4v) is 3.89. The summed E-state index contributed by atoms with van der Waals surface area (Å²) in [5.74, 6) is 0.798. The molecule has 0 radical (unpaired) electrons. The molecule has 23 heavy (non-hydrogen) atoms. The van der Waals surface area contributed by atoms with E-state index in [0.717, 1.165) is 16.3 Å². The Morgan fingerprint density at radius 1 is 1.22 bits per heavy atom. The lowest BCUT2D eigenvalue weighted by atomic mass is 10.1. The molecule has 1 N–H and O–H groups in total. The van der Waals surface area contributed by atoms with E-state index < -0.39 is 0 Å². The maximum absolute atomic E-state index is 13.0. The van der Waals surface area contributed by atoms with Gasteiger partial charge in [-0.15, -0.1) is 11.3 Å². The Labute approximate surface area is 138 Å². The molecule has 1 aromatic carbocycles. The van der Waals surface area contributed by atoms with Crippen molar-refractivity contribution < 1.29 is 9.21 Å². The number of benzene rings is 1. The molecule has 116 valence electrons. The molecule has 0 unspecified atom stereocenters. The summed E-state index contributed by atoms with van der Waals surface area (Å²) in [5.41, 5.74) is 2.76. The zero-order chi connectivity index (χ0) is 15.8. The zero-order valence-electron chi connectivity index (χ0n) is 12.7. The Kier molecular flexibility index (Phi) is 3.42. The van der Waals surface area contributed by atoms with Crippen molar-refractivity contribution in [3.8, 4) is 0 Å². The summed E-state index contributed by atoms with van der Waals surface area (Å²) < 4.78 is 5.45. The summed E-state index contributed by atoms with van der Waals surface area (Å²) >= 11 is 1.66. The maximum Gasteiger partial charge on any atom is 0.258 e. The number of para-hydroxylation sites is 1.